The van der Waals surface area contributed by atoms with Gasteiger partial charge in [-0.05, 0) is 55.3 Å². The first-order valence-corrected chi connectivity index (χ1v) is 10.6. The molecule has 0 aliphatic carbocycles. The number of nitrogens with one attached hydrogen (secondary N) is 1. The van der Waals surface area contributed by atoms with Crippen molar-refractivity contribution >= 4 is 53.9 Å². The molecule has 0 unspecified atom stereocenters. The first kappa shape index (κ1) is 18.5. The number of para-hydroxylation sites is 1. The fraction of sp³-hybridized carbons (Fsp3) is 0.0909. The predicted octanol–water partition coefficient (Wildman–Crippen LogP) is 3.42. The Balaban J connectivity index is 2.15. The fourth-order valence-electron chi connectivity index (χ4n) is 4.22. The summed E-state index contributed by atoms with van der Waals surface area (Å²) in [6.07, 6.45) is 0. The predicted molar refractivity (Wildman–Crippen MR) is 118 cm³/mol. The molecule has 0 atom stereocenters. The van der Waals surface area contributed by atoms with Gasteiger partial charge in [-0.25, -0.2) is 3.97 Å². The van der Waals surface area contributed by atoms with E-state index in [1.54, 1.807) is 50.2 Å². The third-order valence-corrected chi connectivity index (χ3v) is 6.25. The number of aryl methyl sites for hydroxylation is 2. The molecule has 0 radical (unpaired) electrons. The summed E-state index contributed by atoms with van der Waals surface area (Å²) >= 11 is 0. The zero-order valence-electron chi connectivity index (χ0n) is 16.1. The number of hydrogen-bond donors (Lipinski definition) is 2. The van der Waals surface area contributed by atoms with E-state index in [1.807, 2.05) is 0 Å². The lowest BCUT2D eigenvalue weighted by Crippen LogP contribution is -2.19. The molecule has 7 nitrogen and oxygen atoms in total. The smallest absolute Gasteiger partial charge is 0.354 e. The molecule has 2 N–H and O–H groups in total. The van der Waals surface area contributed by atoms with Gasteiger partial charge in [0.05, 0.1) is 16.6 Å². The van der Waals surface area contributed by atoms with Gasteiger partial charge in [0, 0.05) is 27.1 Å². The molecule has 0 amide bonds. The van der Waals surface area contributed by atoms with E-state index in [2.05, 4.69) is 4.98 Å². The topological polar surface area (TPSA) is 109 Å². The van der Waals surface area contributed by atoms with Crippen LogP contribution in [0.4, 0.5) is 0 Å². The van der Waals surface area contributed by atoms with Gasteiger partial charge in [0.15, 0.2) is 10.9 Å². The Morgan fingerprint density at radius 1 is 0.833 bits per heavy atom. The van der Waals surface area contributed by atoms with Crippen LogP contribution in [0, 0.1) is 13.8 Å². The van der Waals surface area contributed by atoms with Crippen molar-refractivity contribution in [3.63, 3.8) is 0 Å². The van der Waals surface area contributed by atoms with Crippen LogP contribution in [0.2, 0.25) is 0 Å². The quantitative estimate of drug-likeness (QED) is 0.319. The van der Waals surface area contributed by atoms with Crippen molar-refractivity contribution in [3.05, 3.63) is 80.1 Å². The number of H-pyrrole nitrogens is 1. The minimum absolute atomic E-state index is 0.0461. The van der Waals surface area contributed by atoms with E-state index in [4.69, 9.17) is 0 Å². The summed E-state index contributed by atoms with van der Waals surface area (Å²) in [5, 5.41) is 0.934. The molecule has 2 heterocycles. The summed E-state index contributed by atoms with van der Waals surface area (Å²) in [5.41, 5.74) is 1.71. The van der Waals surface area contributed by atoms with E-state index in [0.29, 0.717) is 22.0 Å². The van der Waals surface area contributed by atoms with Crippen LogP contribution in [-0.2, 0) is 10.3 Å². The summed E-state index contributed by atoms with van der Waals surface area (Å²) in [6.45, 7) is 3.47. The number of nitrogens with zero attached hydrogens (tertiary/aromatic N) is 1. The van der Waals surface area contributed by atoms with Crippen LogP contribution in [0.3, 0.4) is 0 Å². The maximum absolute atomic E-state index is 13.3. The standard InChI is InChI=1S/C22H16N2O5S/c1-11-7-12(2)20-16(8-11)22(26)15-9-18-14(10-19(15)24(20)30(27,28)29)21(25)13-5-3-4-6-17(13)23-18/h3-10H,1-2H3,(H,23,25)(H,27,28,29). The molecule has 5 rings (SSSR count). The highest BCUT2D eigenvalue weighted by Crippen LogP contribution is 2.27. The average molecular weight is 420 g/mol. The summed E-state index contributed by atoms with van der Waals surface area (Å²) in [7, 11) is -4.77. The highest BCUT2D eigenvalue weighted by Gasteiger charge is 2.21. The van der Waals surface area contributed by atoms with Crippen LogP contribution in [0.5, 0.6) is 0 Å². The molecular weight excluding hydrogens is 404 g/mol. The van der Waals surface area contributed by atoms with Gasteiger partial charge >= 0.3 is 10.3 Å². The summed E-state index contributed by atoms with van der Waals surface area (Å²) < 4.78 is 35.5. The summed E-state index contributed by atoms with van der Waals surface area (Å²) in [6, 6.07) is 13.1. The third-order valence-electron chi connectivity index (χ3n) is 5.41. The maximum Gasteiger partial charge on any atom is 0.364 e. The highest BCUT2D eigenvalue weighted by molar-refractivity contribution is 7.84. The third kappa shape index (κ3) is 2.51. The number of fused-ring (bicyclic) bond motifs is 4. The lowest BCUT2D eigenvalue weighted by atomic mass is 10.0. The van der Waals surface area contributed by atoms with Gasteiger partial charge in [0.1, 0.15) is 0 Å². The number of hydrogen-bond acceptors (Lipinski definition) is 4. The molecule has 30 heavy (non-hydrogen) atoms. The number of aromatic amines is 1. The van der Waals surface area contributed by atoms with Gasteiger partial charge in [0.25, 0.3) is 0 Å². The van der Waals surface area contributed by atoms with Crippen LogP contribution in [0.25, 0.3) is 43.6 Å². The zero-order valence-corrected chi connectivity index (χ0v) is 16.9. The lowest BCUT2D eigenvalue weighted by molar-refractivity contribution is 0.476. The van der Waals surface area contributed by atoms with E-state index >= 15 is 0 Å². The zero-order chi connectivity index (χ0) is 21.4. The summed E-state index contributed by atoms with van der Waals surface area (Å²) in [5.74, 6) is 0. The second kappa shape index (κ2) is 6.01. The van der Waals surface area contributed by atoms with Crippen LogP contribution < -0.4 is 10.9 Å². The van der Waals surface area contributed by atoms with Gasteiger partial charge < -0.3 is 4.98 Å². The van der Waals surface area contributed by atoms with Gasteiger partial charge in [-0.3, -0.25) is 14.1 Å². The van der Waals surface area contributed by atoms with Crippen LogP contribution in [0.1, 0.15) is 11.1 Å². The Morgan fingerprint density at radius 2 is 1.53 bits per heavy atom. The Kier molecular flexibility index (Phi) is 3.71. The molecule has 8 heteroatoms. The van der Waals surface area contributed by atoms with Crippen molar-refractivity contribution in [3.8, 4) is 0 Å². The largest absolute Gasteiger partial charge is 0.364 e. The summed E-state index contributed by atoms with van der Waals surface area (Å²) in [4.78, 5) is 29.5. The molecule has 0 bridgehead atoms. The van der Waals surface area contributed by atoms with E-state index in [0.717, 1.165) is 9.54 Å². The number of pyridine rings is 2. The molecule has 0 saturated carbocycles. The van der Waals surface area contributed by atoms with E-state index in [9.17, 15) is 22.6 Å². The van der Waals surface area contributed by atoms with Crippen LogP contribution >= 0.6 is 0 Å². The molecule has 2 aromatic heterocycles. The molecule has 150 valence electrons. The molecule has 0 fully saturated rings. The first-order valence-electron chi connectivity index (χ1n) is 9.19. The van der Waals surface area contributed by atoms with Crippen molar-refractivity contribution in [2.75, 3.05) is 0 Å². The van der Waals surface area contributed by atoms with Crippen molar-refractivity contribution in [1.82, 2.24) is 8.96 Å². The van der Waals surface area contributed by atoms with Gasteiger partial charge in [-0.2, -0.15) is 8.42 Å². The van der Waals surface area contributed by atoms with Crippen molar-refractivity contribution in [2.45, 2.75) is 13.8 Å². The van der Waals surface area contributed by atoms with E-state index in [1.165, 1.54) is 12.1 Å². The second-order valence-electron chi connectivity index (χ2n) is 7.46. The van der Waals surface area contributed by atoms with Gasteiger partial charge in [0.2, 0.25) is 0 Å². The SMILES string of the molecule is Cc1cc(C)c2c(c1)c(=O)c1cc3[nH]c4ccccc4c(=O)c3cc1n2S(=O)(=O)O. The molecular formula is C22H16N2O5S. The minimum Gasteiger partial charge on any atom is -0.354 e. The Morgan fingerprint density at radius 3 is 2.27 bits per heavy atom. The maximum atomic E-state index is 13.3. The highest BCUT2D eigenvalue weighted by atomic mass is 32.2. The molecule has 0 aliphatic heterocycles. The number of benzene rings is 3. The minimum atomic E-state index is -4.77. The van der Waals surface area contributed by atoms with Crippen LogP contribution in [0.15, 0.2) is 58.1 Å². The lowest BCUT2D eigenvalue weighted by Gasteiger charge is -2.15. The first-order chi connectivity index (χ1) is 14.2. The number of aromatic nitrogens is 2. The Labute approximate surface area is 170 Å². The van der Waals surface area contributed by atoms with Crippen LogP contribution in [-0.4, -0.2) is 21.9 Å². The molecule has 3 aromatic carbocycles. The molecule has 5 aromatic rings. The van der Waals surface area contributed by atoms with Crippen molar-refractivity contribution in [1.29, 1.82) is 0 Å². The Hall–Kier alpha value is -3.49. The second-order valence-corrected chi connectivity index (χ2v) is 8.72. The Bertz CT molecular complexity index is 1780. The van der Waals surface area contributed by atoms with Gasteiger partial charge in [-0.15, -0.1) is 0 Å². The number of rotatable bonds is 1. The normalized spacial score (nSPS) is 12.4. The molecule has 0 spiro atoms. The van der Waals surface area contributed by atoms with Crippen molar-refractivity contribution in [2.24, 2.45) is 0 Å². The average Bonchev–Trinajstić information content (AvgIpc) is 2.67. The van der Waals surface area contributed by atoms with Crippen molar-refractivity contribution < 1.29 is 13.0 Å². The monoisotopic (exact) mass is 420 g/mol. The molecule has 0 aliphatic rings. The van der Waals surface area contributed by atoms with Gasteiger partial charge in [-0.1, -0.05) is 18.2 Å². The van der Waals surface area contributed by atoms with E-state index < -0.39 is 10.3 Å². The van der Waals surface area contributed by atoms with E-state index in [-0.39, 0.29) is 38.0 Å². The fourth-order valence-corrected chi connectivity index (χ4v) is 5.09. The molecule has 0 saturated heterocycles.